The summed E-state index contributed by atoms with van der Waals surface area (Å²) in [6.07, 6.45) is 0. The van der Waals surface area contributed by atoms with Crippen LogP contribution in [0.3, 0.4) is 0 Å². The molecule has 0 spiro atoms. The summed E-state index contributed by atoms with van der Waals surface area (Å²) in [7, 11) is 0. The minimum Gasteiger partial charge on any atom is -0.457 e. The van der Waals surface area contributed by atoms with E-state index in [4.69, 9.17) is 27.0 Å². The molecule has 2 aromatic carbocycles. The molecule has 0 bridgehead atoms. The topological polar surface area (TPSA) is 91.0 Å². The molecule has 5 nitrogen and oxygen atoms in total. The number of nitrogens with one attached hydrogen (secondary N) is 1. The SMILES string of the molecule is CC(=N)C(C#N)C(=O)COC(=O)CSc1cccc2cccc(Cl)c12. The second-order valence-corrected chi connectivity index (χ2v) is 6.68. The van der Waals surface area contributed by atoms with Crippen LogP contribution in [0.2, 0.25) is 5.02 Å². The number of ether oxygens (including phenoxy) is 1. The molecule has 2 aromatic rings. The Hall–Kier alpha value is -2.36. The maximum atomic E-state index is 11.9. The third-order valence-electron chi connectivity index (χ3n) is 3.42. The molecule has 0 aliphatic carbocycles. The lowest BCUT2D eigenvalue weighted by atomic mass is 10.0. The van der Waals surface area contributed by atoms with Gasteiger partial charge in [-0.15, -0.1) is 11.8 Å². The lowest BCUT2D eigenvalue weighted by Gasteiger charge is -2.09. The minimum absolute atomic E-state index is 0.0123. The third-order valence-corrected chi connectivity index (χ3v) is 4.77. The first-order valence-electron chi connectivity index (χ1n) is 7.37. The molecule has 25 heavy (non-hydrogen) atoms. The normalized spacial score (nSPS) is 11.6. The predicted molar refractivity (Wildman–Crippen MR) is 98.2 cm³/mol. The van der Waals surface area contributed by atoms with Crippen LogP contribution in [-0.2, 0) is 14.3 Å². The van der Waals surface area contributed by atoms with Crippen LogP contribution in [0.25, 0.3) is 10.8 Å². The highest BCUT2D eigenvalue weighted by Crippen LogP contribution is 2.33. The number of carbonyl (C=O) groups excluding carboxylic acids is 2. The molecule has 2 rings (SSSR count). The third kappa shape index (κ3) is 4.81. The molecule has 0 heterocycles. The molecule has 0 saturated carbocycles. The number of fused-ring (bicyclic) bond motifs is 1. The van der Waals surface area contributed by atoms with Crippen LogP contribution in [0, 0.1) is 22.7 Å². The van der Waals surface area contributed by atoms with Gasteiger partial charge in [0.05, 0.1) is 11.8 Å². The standard InChI is InChI=1S/C18H15ClN2O3S/c1-11(21)13(8-20)15(22)9-24-17(23)10-25-16-7-3-5-12-4-2-6-14(19)18(12)16/h2-7,13,21H,9-10H2,1H3. The molecule has 0 aromatic heterocycles. The molecule has 0 saturated heterocycles. The first-order chi connectivity index (χ1) is 11.9. The van der Waals surface area contributed by atoms with Gasteiger partial charge in [0.1, 0.15) is 5.92 Å². The Bertz CT molecular complexity index is 871. The molecule has 0 fully saturated rings. The second-order valence-electron chi connectivity index (χ2n) is 5.25. The summed E-state index contributed by atoms with van der Waals surface area (Å²) >= 11 is 7.50. The van der Waals surface area contributed by atoms with Gasteiger partial charge < -0.3 is 10.1 Å². The highest BCUT2D eigenvalue weighted by molar-refractivity contribution is 8.00. The van der Waals surface area contributed by atoms with Gasteiger partial charge in [-0.05, 0) is 24.4 Å². The number of Topliss-reactive ketones (excluding diaryl/α,β-unsaturated/α-hetero) is 1. The fourth-order valence-electron chi connectivity index (χ4n) is 2.21. The highest BCUT2D eigenvalue weighted by Gasteiger charge is 2.21. The number of hydrogen-bond acceptors (Lipinski definition) is 6. The summed E-state index contributed by atoms with van der Waals surface area (Å²) in [6.45, 7) is 0.859. The van der Waals surface area contributed by atoms with Crippen molar-refractivity contribution < 1.29 is 14.3 Å². The average molecular weight is 375 g/mol. The smallest absolute Gasteiger partial charge is 0.316 e. The Morgan fingerprint density at radius 3 is 2.64 bits per heavy atom. The molecule has 1 N–H and O–H groups in total. The van der Waals surface area contributed by atoms with Crippen molar-refractivity contribution in [2.45, 2.75) is 11.8 Å². The monoisotopic (exact) mass is 374 g/mol. The van der Waals surface area contributed by atoms with Crippen molar-refractivity contribution >= 4 is 51.6 Å². The van der Waals surface area contributed by atoms with Gasteiger partial charge in [-0.1, -0.05) is 35.9 Å². The van der Waals surface area contributed by atoms with E-state index < -0.39 is 24.3 Å². The van der Waals surface area contributed by atoms with Crippen LogP contribution in [-0.4, -0.2) is 29.8 Å². The lowest BCUT2D eigenvalue weighted by Crippen LogP contribution is -2.26. The van der Waals surface area contributed by atoms with Crippen molar-refractivity contribution in [1.29, 1.82) is 10.7 Å². The quantitative estimate of drug-likeness (QED) is 0.451. The highest BCUT2D eigenvalue weighted by atomic mass is 35.5. The molecule has 7 heteroatoms. The first-order valence-corrected chi connectivity index (χ1v) is 8.73. The molecule has 0 aliphatic heterocycles. The number of thioether (sulfide) groups is 1. The Labute approximate surface area is 154 Å². The number of nitriles is 1. The summed E-state index contributed by atoms with van der Waals surface area (Å²) in [5, 5.41) is 18.6. The Morgan fingerprint density at radius 2 is 2.00 bits per heavy atom. The zero-order chi connectivity index (χ0) is 18.4. The van der Waals surface area contributed by atoms with E-state index in [1.165, 1.54) is 18.7 Å². The Morgan fingerprint density at radius 1 is 1.32 bits per heavy atom. The summed E-state index contributed by atoms with van der Waals surface area (Å²) in [5.74, 6) is -2.32. The van der Waals surface area contributed by atoms with E-state index in [0.29, 0.717) is 5.02 Å². The van der Waals surface area contributed by atoms with E-state index in [1.807, 2.05) is 30.3 Å². The minimum atomic E-state index is -1.17. The fraction of sp³-hybridized carbons (Fsp3) is 0.222. The molecular formula is C18H15ClN2O3S. The number of ketones is 1. The van der Waals surface area contributed by atoms with Crippen LogP contribution in [0.15, 0.2) is 41.3 Å². The first kappa shape index (κ1) is 19.0. The van der Waals surface area contributed by atoms with Crippen LogP contribution in [0.5, 0.6) is 0 Å². The maximum Gasteiger partial charge on any atom is 0.316 e. The average Bonchev–Trinajstić information content (AvgIpc) is 2.58. The summed E-state index contributed by atoms with van der Waals surface area (Å²) in [5.41, 5.74) is -0.0664. The van der Waals surface area contributed by atoms with Crippen LogP contribution in [0.4, 0.5) is 0 Å². The number of esters is 1. The second kappa shape index (κ2) is 8.65. The maximum absolute atomic E-state index is 11.9. The molecule has 128 valence electrons. The zero-order valence-electron chi connectivity index (χ0n) is 13.4. The van der Waals surface area contributed by atoms with Crippen LogP contribution < -0.4 is 0 Å². The molecular weight excluding hydrogens is 360 g/mol. The summed E-state index contributed by atoms with van der Waals surface area (Å²) in [4.78, 5) is 24.5. The Kier molecular flexibility index (Phi) is 6.57. The zero-order valence-corrected chi connectivity index (χ0v) is 15.0. The van der Waals surface area contributed by atoms with Crippen molar-refractivity contribution in [3.8, 4) is 6.07 Å². The van der Waals surface area contributed by atoms with E-state index in [1.54, 1.807) is 12.1 Å². The number of halogens is 1. The van der Waals surface area contributed by atoms with Gasteiger partial charge in [0.15, 0.2) is 12.4 Å². The van der Waals surface area contributed by atoms with Gasteiger partial charge in [-0.3, -0.25) is 9.59 Å². The van der Waals surface area contributed by atoms with Gasteiger partial charge >= 0.3 is 5.97 Å². The Balaban J connectivity index is 1.96. The van der Waals surface area contributed by atoms with Gasteiger partial charge in [0.25, 0.3) is 0 Å². The lowest BCUT2D eigenvalue weighted by molar-refractivity contribution is -0.145. The number of hydrogen-bond donors (Lipinski definition) is 1. The van der Waals surface area contributed by atoms with Crippen LogP contribution >= 0.6 is 23.4 Å². The van der Waals surface area contributed by atoms with Crippen molar-refractivity contribution in [2.24, 2.45) is 5.92 Å². The summed E-state index contributed by atoms with van der Waals surface area (Å²) in [6, 6.07) is 13.0. The van der Waals surface area contributed by atoms with Crippen molar-refractivity contribution in [2.75, 3.05) is 12.4 Å². The van der Waals surface area contributed by atoms with Crippen molar-refractivity contribution in [3.63, 3.8) is 0 Å². The largest absolute Gasteiger partial charge is 0.457 e. The number of rotatable bonds is 7. The van der Waals surface area contributed by atoms with Gasteiger partial charge in [0.2, 0.25) is 0 Å². The molecule has 1 atom stereocenters. The van der Waals surface area contributed by atoms with Gasteiger partial charge in [-0.2, -0.15) is 5.26 Å². The van der Waals surface area contributed by atoms with E-state index in [9.17, 15) is 9.59 Å². The fourth-order valence-corrected chi connectivity index (χ4v) is 3.45. The number of carbonyl (C=O) groups is 2. The van der Waals surface area contributed by atoms with E-state index >= 15 is 0 Å². The molecule has 0 aliphatic rings. The number of benzene rings is 2. The molecule has 0 amide bonds. The van der Waals surface area contributed by atoms with Crippen LogP contribution in [0.1, 0.15) is 6.92 Å². The molecule has 1 unspecified atom stereocenters. The molecule has 0 radical (unpaired) electrons. The number of nitrogens with zero attached hydrogens (tertiary/aromatic N) is 1. The van der Waals surface area contributed by atoms with Gasteiger partial charge in [0, 0.05) is 21.0 Å². The van der Waals surface area contributed by atoms with Gasteiger partial charge in [-0.25, -0.2) is 0 Å². The predicted octanol–water partition coefficient (Wildman–Crippen LogP) is 3.88. The van der Waals surface area contributed by atoms with Crippen molar-refractivity contribution in [3.05, 3.63) is 41.4 Å². The van der Waals surface area contributed by atoms with E-state index in [2.05, 4.69) is 0 Å². The summed E-state index contributed by atoms with van der Waals surface area (Å²) < 4.78 is 4.91. The van der Waals surface area contributed by atoms with E-state index in [-0.39, 0.29) is 11.5 Å². The van der Waals surface area contributed by atoms with Crippen molar-refractivity contribution in [1.82, 2.24) is 0 Å². The van der Waals surface area contributed by atoms with E-state index in [0.717, 1.165) is 15.7 Å².